The molecule has 6 rings (SSSR count). The molecule has 5 nitrogen and oxygen atoms in total. The van der Waals surface area contributed by atoms with Crippen molar-refractivity contribution < 1.29 is 14.7 Å². The van der Waals surface area contributed by atoms with Crippen LogP contribution in [-0.2, 0) is 9.59 Å². The highest BCUT2D eigenvalue weighted by Gasteiger charge is 2.59. The van der Waals surface area contributed by atoms with Gasteiger partial charge in [0.15, 0.2) is 0 Å². The van der Waals surface area contributed by atoms with Crippen molar-refractivity contribution in [3.05, 3.63) is 34.9 Å². The molecule has 4 saturated carbocycles. The number of likely N-dealkylation sites (tertiary alicyclic amines) is 1. The highest BCUT2D eigenvalue weighted by molar-refractivity contribution is 6.30. The number of nitrogens with one attached hydrogen (secondary N) is 1. The zero-order chi connectivity index (χ0) is 22.7. The molecule has 1 aromatic rings. The molecule has 1 heterocycles. The van der Waals surface area contributed by atoms with E-state index >= 15 is 0 Å². The zero-order valence-corrected chi connectivity index (χ0v) is 19.9. The number of rotatable bonds is 5. The Bertz CT molecular complexity index is 875. The predicted octanol–water partition coefficient (Wildman–Crippen LogP) is 4.69. The van der Waals surface area contributed by atoms with E-state index < -0.39 is 16.9 Å². The number of nitrogens with zero attached hydrogens (tertiary/aromatic N) is 1. The summed E-state index contributed by atoms with van der Waals surface area (Å²) >= 11 is 6.04. The number of amides is 1. The topological polar surface area (TPSA) is 69.6 Å². The Hall–Kier alpha value is -1.59. The van der Waals surface area contributed by atoms with Crippen molar-refractivity contribution in [2.75, 3.05) is 13.1 Å². The van der Waals surface area contributed by atoms with Crippen molar-refractivity contribution >= 4 is 23.5 Å². The second-order valence-electron chi connectivity index (χ2n) is 11.4. The van der Waals surface area contributed by atoms with E-state index in [1.165, 1.54) is 5.56 Å². The first-order valence-corrected chi connectivity index (χ1v) is 12.6. The zero-order valence-electron chi connectivity index (χ0n) is 19.1. The van der Waals surface area contributed by atoms with Crippen molar-refractivity contribution in [2.24, 2.45) is 23.2 Å². The molecule has 4 bridgehead atoms. The first-order chi connectivity index (χ1) is 15.2. The van der Waals surface area contributed by atoms with Crippen LogP contribution in [0.25, 0.3) is 0 Å². The number of halogens is 1. The molecule has 2 unspecified atom stereocenters. The van der Waals surface area contributed by atoms with E-state index in [9.17, 15) is 14.7 Å². The number of hydrogen-bond donors (Lipinski definition) is 2. The summed E-state index contributed by atoms with van der Waals surface area (Å²) in [6.07, 6.45) is 6.52. The van der Waals surface area contributed by atoms with Gasteiger partial charge in [-0.05, 0) is 113 Å². The van der Waals surface area contributed by atoms with Crippen molar-refractivity contribution in [1.29, 1.82) is 0 Å². The molecule has 174 valence electrons. The van der Waals surface area contributed by atoms with Gasteiger partial charge in [0.2, 0.25) is 5.91 Å². The normalized spacial score (nSPS) is 35.1. The van der Waals surface area contributed by atoms with Crippen LogP contribution in [0.2, 0.25) is 5.02 Å². The van der Waals surface area contributed by atoms with Crippen LogP contribution < -0.4 is 5.32 Å². The minimum Gasteiger partial charge on any atom is -0.481 e. The van der Waals surface area contributed by atoms with Gasteiger partial charge in [-0.15, -0.1) is 0 Å². The second-order valence-corrected chi connectivity index (χ2v) is 11.9. The van der Waals surface area contributed by atoms with Crippen LogP contribution in [0.3, 0.4) is 0 Å². The van der Waals surface area contributed by atoms with E-state index in [0.717, 1.165) is 63.1 Å². The third-order valence-corrected chi connectivity index (χ3v) is 9.46. The Morgan fingerprint density at radius 3 is 2.22 bits per heavy atom. The summed E-state index contributed by atoms with van der Waals surface area (Å²) in [7, 11) is 0. The lowest BCUT2D eigenvalue weighted by atomic mass is 9.48. The van der Waals surface area contributed by atoms with Crippen LogP contribution in [0.1, 0.15) is 70.3 Å². The van der Waals surface area contributed by atoms with Gasteiger partial charge in [-0.3, -0.25) is 14.5 Å². The fraction of sp³-hybridized carbons (Fsp3) is 0.692. The molecule has 0 aromatic heterocycles. The van der Waals surface area contributed by atoms with Crippen molar-refractivity contribution in [1.82, 2.24) is 10.2 Å². The summed E-state index contributed by atoms with van der Waals surface area (Å²) in [6.45, 7) is 5.88. The van der Waals surface area contributed by atoms with Gasteiger partial charge in [-0.1, -0.05) is 23.7 Å². The van der Waals surface area contributed by atoms with Gasteiger partial charge >= 0.3 is 5.97 Å². The molecule has 1 aromatic carbocycles. The number of piperidine rings is 1. The molecule has 5 aliphatic rings. The lowest BCUT2D eigenvalue weighted by molar-refractivity contribution is -0.168. The van der Waals surface area contributed by atoms with Gasteiger partial charge in [0, 0.05) is 11.1 Å². The van der Waals surface area contributed by atoms with Gasteiger partial charge < -0.3 is 10.4 Å². The summed E-state index contributed by atoms with van der Waals surface area (Å²) in [5.74, 6) is 1.14. The Morgan fingerprint density at radius 1 is 1.06 bits per heavy atom. The number of aliphatic carboxylic acids is 1. The summed E-state index contributed by atoms with van der Waals surface area (Å²) in [5.41, 5.74) is 0.234. The maximum absolute atomic E-state index is 13.5. The predicted molar refractivity (Wildman–Crippen MR) is 125 cm³/mol. The monoisotopic (exact) mass is 458 g/mol. The fourth-order valence-corrected chi connectivity index (χ4v) is 7.63. The number of carbonyl (C=O) groups excluding carboxylic acids is 1. The van der Waals surface area contributed by atoms with Crippen LogP contribution in [-0.4, -0.2) is 46.6 Å². The second kappa shape index (κ2) is 8.02. The maximum atomic E-state index is 13.5. The molecular weight excluding hydrogens is 424 g/mol. The van der Waals surface area contributed by atoms with Crippen LogP contribution >= 0.6 is 11.6 Å². The van der Waals surface area contributed by atoms with Gasteiger partial charge in [0.1, 0.15) is 0 Å². The summed E-state index contributed by atoms with van der Waals surface area (Å²) in [5, 5.41) is 14.0. The van der Waals surface area contributed by atoms with E-state index in [1.807, 2.05) is 26.0 Å². The summed E-state index contributed by atoms with van der Waals surface area (Å²) < 4.78 is 0. The minimum atomic E-state index is -0.620. The largest absolute Gasteiger partial charge is 0.481 e. The fourth-order valence-electron chi connectivity index (χ4n) is 7.50. The Balaban J connectivity index is 1.21. The molecule has 6 heteroatoms. The van der Waals surface area contributed by atoms with E-state index in [2.05, 4.69) is 22.3 Å². The van der Waals surface area contributed by atoms with Crippen LogP contribution in [0.5, 0.6) is 0 Å². The van der Waals surface area contributed by atoms with E-state index in [4.69, 9.17) is 11.6 Å². The van der Waals surface area contributed by atoms with Gasteiger partial charge in [0.05, 0.1) is 11.0 Å². The average Bonchev–Trinajstić information content (AvgIpc) is 2.76. The molecule has 1 amide bonds. The molecule has 4 aliphatic carbocycles. The van der Waals surface area contributed by atoms with Gasteiger partial charge in [0.25, 0.3) is 0 Å². The van der Waals surface area contributed by atoms with Crippen LogP contribution in [0.15, 0.2) is 24.3 Å². The molecule has 1 saturated heterocycles. The van der Waals surface area contributed by atoms with Crippen molar-refractivity contribution in [3.63, 3.8) is 0 Å². The number of carboxylic acids is 1. The SMILES string of the molecule is CC(C)(C(=O)NC1C2CC3CC1CC(C(=O)O)(C3)C2)N1CCC(c2ccc(Cl)cc2)CC1. The third kappa shape index (κ3) is 3.75. The van der Waals surface area contributed by atoms with Gasteiger partial charge in [-0.2, -0.15) is 0 Å². The highest BCUT2D eigenvalue weighted by Crippen LogP contribution is 2.60. The number of benzene rings is 1. The summed E-state index contributed by atoms with van der Waals surface area (Å²) in [6, 6.07) is 8.30. The Kier molecular flexibility index (Phi) is 5.57. The first-order valence-electron chi connectivity index (χ1n) is 12.2. The van der Waals surface area contributed by atoms with Crippen molar-refractivity contribution in [3.8, 4) is 0 Å². The summed E-state index contributed by atoms with van der Waals surface area (Å²) in [4.78, 5) is 27.8. The molecule has 2 N–H and O–H groups in total. The quantitative estimate of drug-likeness (QED) is 0.671. The lowest BCUT2D eigenvalue weighted by Gasteiger charge is -2.58. The molecule has 0 spiro atoms. The van der Waals surface area contributed by atoms with Crippen LogP contribution in [0, 0.1) is 23.2 Å². The maximum Gasteiger partial charge on any atom is 0.309 e. The van der Waals surface area contributed by atoms with Crippen molar-refractivity contribution in [2.45, 2.75) is 76.3 Å². The Morgan fingerprint density at radius 2 is 1.66 bits per heavy atom. The number of carboxylic acid groups (broad SMARTS) is 1. The molecule has 0 radical (unpaired) electrons. The average molecular weight is 459 g/mol. The van der Waals surface area contributed by atoms with Crippen LogP contribution in [0.4, 0.5) is 0 Å². The van der Waals surface area contributed by atoms with E-state index in [1.54, 1.807) is 0 Å². The standard InChI is InChI=1S/C26H35ClN2O3/c1-25(2,29-9-7-18(8-10-29)17-3-5-21(27)6-4-17)23(30)28-22-19-11-16-12-20(22)15-26(13-16,14-19)24(31)32/h3-6,16,18-20,22H,7-15H2,1-2H3,(H,28,30)(H,31,32). The third-order valence-electron chi connectivity index (χ3n) is 9.21. The van der Waals surface area contributed by atoms with E-state index in [-0.39, 0.29) is 11.9 Å². The van der Waals surface area contributed by atoms with Gasteiger partial charge in [-0.25, -0.2) is 0 Å². The smallest absolute Gasteiger partial charge is 0.309 e. The number of hydrogen-bond acceptors (Lipinski definition) is 3. The van der Waals surface area contributed by atoms with E-state index in [0.29, 0.717) is 23.7 Å². The molecule has 5 fully saturated rings. The Labute approximate surface area is 195 Å². The lowest BCUT2D eigenvalue weighted by Crippen LogP contribution is -2.65. The molecular formula is C26H35ClN2O3. The number of carbonyl (C=O) groups is 2. The molecule has 32 heavy (non-hydrogen) atoms. The minimum absolute atomic E-state index is 0.101. The molecule has 2 atom stereocenters. The highest BCUT2D eigenvalue weighted by atomic mass is 35.5. The molecule has 1 aliphatic heterocycles. The first kappa shape index (κ1) is 22.2.